The van der Waals surface area contributed by atoms with Gasteiger partial charge in [0.15, 0.2) is 11.5 Å². The fraction of sp³-hybridized carbons (Fsp3) is 0.227. The van der Waals surface area contributed by atoms with E-state index in [1.165, 1.54) is 13.2 Å². The fourth-order valence-electron chi connectivity index (χ4n) is 3.08. The van der Waals surface area contributed by atoms with Gasteiger partial charge in [0.05, 0.1) is 12.8 Å². The Kier molecular flexibility index (Phi) is 6.34. The lowest BCUT2D eigenvalue weighted by atomic mass is 10.0. The molecule has 3 aromatic rings. The molecule has 0 aliphatic heterocycles. The monoisotopic (exact) mass is 381 g/mol. The summed E-state index contributed by atoms with van der Waals surface area (Å²) in [6.45, 7) is -0.0209. The van der Waals surface area contributed by atoms with Gasteiger partial charge in [0.2, 0.25) is 0 Å². The number of anilines is 1. The molecule has 0 aliphatic rings. The number of ether oxygens (including phenoxy) is 2. The van der Waals surface area contributed by atoms with Crippen LogP contribution in [0, 0.1) is 0 Å². The second-order valence-electron chi connectivity index (χ2n) is 6.34. The van der Waals surface area contributed by atoms with Crippen molar-refractivity contribution in [2.45, 2.75) is 18.9 Å². The number of aromatic hydroxyl groups is 1. The summed E-state index contributed by atoms with van der Waals surface area (Å²) in [5.41, 5.74) is 1.28. The number of aliphatic hydroxyl groups excluding tert-OH is 1. The molecule has 0 aromatic heterocycles. The Bertz CT molecular complexity index is 951. The van der Waals surface area contributed by atoms with Crippen molar-refractivity contribution in [3.8, 4) is 11.5 Å². The van der Waals surface area contributed by atoms with Crippen LogP contribution >= 0.6 is 0 Å². The van der Waals surface area contributed by atoms with Crippen LogP contribution in [0.5, 0.6) is 11.5 Å². The number of rotatable bonds is 7. The van der Waals surface area contributed by atoms with Gasteiger partial charge in [-0.05, 0) is 42.0 Å². The molecule has 0 saturated carbocycles. The van der Waals surface area contributed by atoms with Crippen molar-refractivity contribution in [1.29, 1.82) is 0 Å². The predicted octanol–water partition coefficient (Wildman–Crippen LogP) is 4.62. The first-order valence-electron chi connectivity index (χ1n) is 9.05. The molecule has 6 nitrogen and oxygen atoms in total. The third kappa shape index (κ3) is 4.53. The smallest absolute Gasteiger partial charge is 0.412 e. The quantitative estimate of drug-likeness (QED) is 0.556. The fourth-order valence-corrected chi connectivity index (χ4v) is 3.08. The molecule has 3 N–H and O–H groups in total. The second kappa shape index (κ2) is 9.10. The number of carbonyl (C=O) groups excluding carboxylic acids is 1. The zero-order valence-electron chi connectivity index (χ0n) is 15.6. The Morgan fingerprint density at radius 3 is 2.64 bits per heavy atom. The highest BCUT2D eigenvalue weighted by Crippen LogP contribution is 2.32. The SMILES string of the molecule is COc1ccc([C@@H](CCCO)OC(=O)Nc2cccc3ccccc23)cc1O. The molecule has 0 unspecified atom stereocenters. The van der Waals surface area contributed by atoms with E-state index in [0.717, 1.165) is 10.8 Å². The largest absolute Gasteiger partial charge is 0.504 e. The first-order valence-corrected chi connectivity index (χ1v) is 9.05. The molecule has 0 saturated heterocycles. The van der Waals surface area contributed by atoms with Gasteiger partial charge in [0, 0.05) is 12.0 Å². The third-order valence-electron chi connectivity index (χ3n) is 4.47. The van der Waals surface area contributed by atoms with E-state index in [-0.39, 0.29) is 12.4 Å². The van der Waals surface area contributed by atoms with Crippen LogP contribution in [0.3, 0.4) is 0 Å². The Hall–Kier alpha value is -3.25. The van der Waals surface area contributed by atoms with Crippen LogP contribution in [0.1, 0.15) is 24.5 Å². The Balaban J connectivity index is 1.78. The molecule has 1 amide bonds. The van der Waals surface area contributed by atoms with Crippen molar-refractivity contribution >= 4 is 22.6 Å². The van der Waals surface area contributed by atoms with Gasteiger partial charge in [0.1, 0.15) is 6.10 Å². The maximum absolute atomic E-state index is 12.5. The van der Waals surface area contributed by atoms with E-state index in [1.54, 1.807) is 12.1 Å². The number of methoxy groups -OCH3 is 1. The molecule has 3 rings (SSSR count). The molecule has 28 heavy (non-hydrogen) atoms. The highest BCUT2D eigenvalue weighted by atomic mass is 16.6. The third-order valence-corrected chi connectivity index (χ3v) is 4.47. The lowest BCUT2D eigenvalue weighted by molar-refractivity contribution is 0.0993. The molecule has 6 heteroatoms. The lowest BCUT2D eigenvalue weighted by Gasteiger charge is -2.19. The van der Waals surface area contributed by atoms with Gasteiger partial charge in [-0.1, -0.05) is 42.5 Å². The van der Waals surface area contributed by atoms with Gasteiger partial charge >= 0.3 is 6.09 Å². The first-order chi connectivity index (χ1) is 13.6. The normalized spacial score (nSPS) is 11.8. The van der Waals surface area contributed by atoms with Gasteiger partial charge in [-0.2, -0.15) is 0 Å². The van der Waals surface area contributed by atoms with Crippen molar-refractivity contribution in [3.63, 3.8) is 0 Å². The van der Waals surface area contributed by atoms with Crippen LogP contribution < -0.4 is 10.1 Å². The van der Waals surface area contributed by atoms with Crippen molar-refractivity contribution < 1.29 is 24.5 Å². The van der Waals surface area contributed by atoms with Gasteiger partial charge in [-0.15, -0.1) is 0 Å². The molecule has 1 atom stereocenters. The average Bonchev–Trinajstić information content (AvgIpc) is 2.71. The zero-order chi connectivity index (χ0) is 19.9. The topological polar surface area (TPSA) is 88.0 Å². The van der Waals surface area contributed by atoms with Crippen LogP contribution in [0.15, 0.2) is 60.7 Å². The molecular weight excluding hydrogens is 358 g/mol. The molecule has 0 fully saturated rings. The minimum atomic E-state index is -0.612. The lowest BCUT2D eigenvalue weighted by Crippen LogP contribution is -2.18. The molecule has 3 aromatic carbocycles. The number of phenols is 1. The van der Waals surface area contributed by atoms with E-state index >= 15 is 0 Å². The van der Waals surface area contributed by atoms with Gasteiger partial charge in [-0.3, -0.25) is 5.32 Å². The van der Waals surface area contributed by atoms with Gasteiger partial charge in [-0.25, -0.2) is 4.79 Å². The number of hydrogen-bond acceptors (Lipinski definition) is 5. The molecule has 0 bridgehead atoms. The molecule has 146 valence electrons. The molecular formula is C22H23NO5. The Morgan fingerprint density at radius 1 is 1.11 bits per heavy atom. The number of carbonyl (C=O) groups is 1. The molecule has 0 aliphatic carbocycles. The molecule has 0 radical (unpaired) electrons. The van der Waals surface area contributed by atoms with Crippen LogP contribution in [-0.2, 0) is 4.74 Å². The van der Waals surface area contributed by atoms with Crippen LogP contribution in [0.25, 0.3) is 10.8 Å². The summed E-state index contributed by atoms with van der Waals surface area (Å²) in [6.07, 6.45) is -0.335. The van der Waals surface area contributed by atoms with Crippen LogP contribution in [-0.4, -0.2) is 30.0 Å². The minimum Gasteiger partial charge on any atom is -0.504 e. The number of benzene rings is 3. The van der Waals surface area contributed by atoms with E-state index in [1.807, 2.05) is 42.5 Å². The highest BCUT2D eigenvalue weighted by molar-refractivity contribution is 6.00. The Morgan fingerprint density at radius 2 is 1.89 bits per heavy atom. The van der Waals surface area contributed by atoms with Crippen LogP contribution in [0.2, 0.25) is 0 Å². The average molecular weight is 381 g/mol. The Labute approximate surface area is 163 Å². The molecule has 0 spiro atoms. The number of amides is 1. The van der Waals surface area contributed by atoms with Gasteiger partial charge in [0.25, 0.3) is 0 Å². The van der Waals surface area contributed by atoms with Crippen molar-refractivity contribution in [1.82, 2.24) is 0 Å². The van der Waals surface area contributed by atoms with Gasteiger partial charge < -0.3 is 19.7 Å². The zero-order valence-corrected chi connectivity index (χ0v) is 15.6. The maximum Gasteiger partial charge on any atom is 0.412 e. The van der Waals surface area contributed by atoms with Crippen LogP contribution in [0.4, 0.5) is 10.5 Å². The summed E-state index contributed by atoms with van der Waals surface area (Å²) < 4.78 is 10.7. The number of fused-ring (bicyclic) bond motifs is 1. The van der Waals surface area contributed by atoms with Crippen molar-refractivity contribution in [2.75, 3.05) is 19.0 Å². The van der Waals surface area contributed by atoms with E-state index in [0.29, 0.717) is 29.8 Å². The number of nitrogens with one attached hydrogen (secondary N) is 1. The second-order valence-corrected chi connectivity index (χ2v) is 6.34. The maximum atomic E-state index is 12.5. The molecule has 0 heterocycles. The van der Waals surface area contributed by atoms with E-state index in [2.05, 4.69) is 5.32 Å². The first kappa shape index (κ1) is 19.5. The van der Waals surface area contributed by atoms with E-state index in [4.69, 9.17) is 14.6 Å². The van der Waals surface area contributed by atoms with E-state index < -0.39 is 12.2 Å². The number of hydrogen-bond donors (Lipinski definition) is 3. The standard InChI is InChI=1S/C22H23NO5/c1-27-21-12-11-16(14-19(21)25)20(10-5-13-24)28-22(26)23-18-9-4-7-15-6-2-3-8-17(15)18/h2-4,6-9,11-12,14,20,24-25H,5,10,13H2,1H3,(H,23,26)/t20-/m1/s1. The summed E-state index contributed by atoms with van der Waals surface area (Å²) in [7, 11) is 1.46. The summed E-state index contributed by atoms with van der Waals surface area (Å²) in [6, 6.07) is 18.2. The predicted molar refractivity (Wildman–Crippen MR) is 108 cm³/mol. The number of phenolic OH excluding ortho intramolecular Hbond substituents is 1. The van der Waals surface area contributed by atoms with E-state index in [9.17, 15) is 9.90 Å². The number of aliphatic hydroxyl groups is 1. The summed E-state index contributed by atoms with van der Waals surface area (Å²) in [5, 5.41) is 23.9. The minimum absolute atomic E-state index is 0.0209. The highest BCUT2D eigenvalue weighted by Gasteiger charge is 2.19. The summed E-state index contributed by atoms with van der Waals surface area (Å²) in [5.74, 6) is 0.303. The van der Waals surface area contributed by atoms with Crippen molar-refractivity contribution in [2.24, 2.45) is 0 Å². The summed E-state index contributed by atoms with van der Waals surface area (Å²) >= 11 is 0. The summed E-state index contributed by atoms with van der Waals surface area (Å²) in [4.78, 5) is 12.5. The van der Waals surface area contributed by atoms with Crippen molar-refractivity contribution in [3.05, 3.63) is 66.2 Å².